The fraction of sp³-hybridized carbons (Fsp3) is 0.857. The molecule has 1 rings (SSSR count). The van der Waals surface area contributed by atoms with Crippen molar-refractivity contribution in [1.29, 1.82) is 0 Å². The minimum atomic E-state index is -0.187. The van der Waals surface area contributed by atoms with Gasteiger partial charge in [-0.05, 0) is 14.0 Å². The van der Waals surface area contributed by atoms with Crippen molar-refractivity contribution >= 4 is 6.09 Å². The van der Waals surface area contributed by atoms with Gasteiger partial charge in [-0.2, -0.15) is 0 Å². The Labute approximate surface area is 66.5 Å². The summed E-state index contributed by atoms with van der Waals surface area (Å²) in [4.78, 5) is 12.7. The van der Waals surface area contributed by atoms with Crippen LogP contribution in [0.2, 0.25) is 0 Å². The zero-order valence-corrected chi connectivity index (χ0v) is 6.96. The number of likely N-dealkylation sites (N-methyl/N-ethyl adjacent to an activating group) is 1. The molecule has 1 N–H and O–H groups in total. The highest BCUT2D eigenvalue weighted by Gasteiger charge is 2.25. The molecule has 0 aromatic carbocycles. The minimum Gasteiger partial charge on any atom is -0.448 e. The lowest BCUT2D eigenvalue weighted by molar-refractivity contribution is 0.150. The van der Waals surface area contributed by atoms with Crippen molar-refractivity contribution in [1.82, 2.24) is 10.2 Å². The molecule has 0 aromatic rings. The number of amides is 1. The summed E-state index contributed by atoms with van der Waals surface area (Å²) in [6.07, 6.45) is -0.187. The van der Waals surface area contributed by atoms with Gasteiger partial charge in [0, 0.05) is 12.6 Å². The monoisotopic (exact) mass is 158 g/mol. The van der Waals surface area contributed by atoms with Gasteiger partial charge in [-0.3, -0.25) is 0 Å². The van der Waals surface area contributed by atoms with Crippen LogP contribution in [0.25, 0.3) is 0 Å². The fourth-order valence-electron chi connectivity index (χ4n) is 1.21. The van der Waals surface area contributed by atoms with E-state index in [2.05, 4.69) is 5.32 Å². The first-order valence-electron chi connectivity index (χ1n) is 3.83. The van der Waals surface area contributed by atoms with Gasteiger partial charge >= 0.3 is 6.09 Å². The molecule has 64 valence electrons. The van der Waals surface area contributed by atoms with Crippen molar-refractivity contribution in [3.63, 3.8) is 0 Å². The van der Waals surface area contributed by atoms with E-state index in [1.54, 1.807) is 4.90 Å². The predicted molar refractivity (Wildman–Crippen MR) is 41.4 cm³/mol. The predicted octanol–water partition coefficient (Wildman–Crippen LogP) is 0.0465. The lowest BCUT2D eigenvalue weighted by Crippen LogP contribution is -2.39. The summed E-state index contributed by atoms with van der Waals surface area (Å²) in [6, 6.07) is 0.231. The molecule has 0 bridgehead atoms. The Balaban J connectivity index is 2.39. The number of hydrogen-bond acceptors (Lipinski definition) is 3. The standard InChI is InChI=1S/C7H14N2O2/c1-6(5-8-2)9-3-4-11-7(9)10/h6,8H,3-5H2,1-2H3. The maximum Gasteiger partial charge on any atom is 0.410 e. The van der Waals surface area contributed by atoms with Gasteiger partial charge in [0.05, 0.1) is 6.54 Å². The molecule has 1 aliphatic heterocycles. The number of rotatable bonds is 3. The number of carbonyl (C=O) groups is 1. The van der Waals surface area contributed by atoms with Crippen molar-refractivity contribution in [2.75, 3.05) is 26.7 Å². The summed E-state index contributed by atoms with van der Waals surface area (Å²) >= 11 is 0. The molecule has 1 atom stereocenters. The molecular formula is C7H14N2O2. The zero-order chi connectivity index (χ0) is 8.27. The number of nitrogens with one attached hydrogen (secondary N) is 1. The van der Waals surface area contributed by atoms with Crippen LogP contribution >= 0.6 is 0 Å². The maximum absolute atomic E-state index is 11.0. The first-order chi connectivity index (χ1) is 5.25. The SMILES string of the molecule is CNCC(C)N1CCOC1=O. The van der Waals surface area contributed by atoms with E-state index in [0.717, 1.165) is 13.1 Å². The molecule has 0 aliphatic carbocycles. The average Bonchev–Trinajstić information content (AvgIpc) is 2.36. The van der Waals surface area contributed by atoms with Crippen LogP contribution in [0.1, 0.15) is 6.92 Å². The molecule has 0 radical (unpaired) electrons. The molecule has 0 spiro atoms. The van der Waals surface area contributed by atoms with Crippen LogP contribution in [0.3, 0.4) is 0 Å². The van der Waals surface area contributed by atoms with E-state index in [9.17, 15) is 4.79 Å². The van der Waals surface area contributed by atoms with Crippen LogP contribution in [-0.4, -0.2) is 43.8 Å². The summed E-state index contributed by atoms with van der Waals surface area (Å²) < 4.78 is 4.79. The highest BCUT2D eigenvalue weighted by atomic mass is 16.6. The quantitative estimate of drug-likeness (QED) is 0.631. The Morgan fingerprint density at radius 3 is 3.00 bits per heavy atom. The Bertz CT molecular complexity index is 149. The third-order valence-corrected chi connectivity index (χ3v) is 1.82. The topological polar surface area (TPSA) is 41.6 Å². The third-order valence-electron chi connectivity index (χ3n) is 1.82. The number of hydrogen-bond donors (Lipinski definition) is 1. The molecule has 1 heterocycles. The van der Waals surface area contributed by atoms with E-state index in [4.69, 9.17) is 4.74 Å². The van der Waals surface area contributed by atoms with Crippen molar-refractivity contribution in [2.45, 2.75) is 13.0 Å². The van der Waals surface area contributed by atoms with Crippen LogP contribution in [0.4, 0.5) is 4.79 Å². The molecular weight excluding hydrogens is 144 g/mol. The van der Waals surface area contributed by atoms with E-state index < -0.39 is 0 Å². The van der Waals surface area contributed by atoms with Crippen LogP contribution in [0.5, 0.6) is 0 Å². The molecule has 1 fully saturated rings. The van der Waals surface area contributed by atoms with Crippen molar-refractivity contribution in [3.05, 3.63) is 0 Å². The van der Waals surface area contributed by atoms with Gasteiger partial charge in [-0.25, -0.2) is 4.79 Å². The molecule has 0 aromatic heterocycles. The number of carbonyl (C=O) groups excluding carboxylic acids is 1. The van der Waals surface area contributed by atoms with Crippen molar-refractivity contribution in [2.24, 2.45) is 0 Å². The van der Waals surface area contributed by atoms with Gasteiger partial charge in [0.1, 0.15) is 6.61 Å². The summed E-state index contributed by atoms with van der Waals surface area (Å²) in [5.74, 6) is 0. The van der Waals surface area contributed by atoms with E-state index >= 15 is 0 Å². The van der Waals surface area contributed by atoms with E-state index in [1.807, 2.05) is 14.0 Å². The lowest BCUT2D eigenvalue weighted by Gasteiger charge is -2.20. The van der Waals surface area contributed by atoms with Crippen LogP contribution in [0, 0.1) is 0 Å². The van der Waals surface area contributed by atoms with Crippen LogP contribution < -0.4 is 5.32 Å². The normalized spacial score (nSPS) is 20.2. The highest BCUT2D eigenvalue weighted by molar-refractivity contribution is 5.69. The highest BCUT2D eigenvalue weighted by Crippen LogP contribution is 2.07. The molecule has 11 heavy (non-hydrogen) atoms. The first-order valence-corrected chi connectivity index (χ1v) is 3.83. The number of cyclic esters (lactones) is 1. The summed E-state index contributed by atoms with van der Waals surface area (Å²) in [5, 5.41) is 3.02. The van der Waals surface area contributed by atoms with E-state index in [1.165, 1.54) is 0 Å². The molecule has 1 amide bonds. The van der Waals surface area contributed by atoms with Crippen molar-refractivity contribution in [3.8, 4) is 0 Å². The minimum absolute atomic E-state index is 0.187. The van der Waals surface area contributed by atoms with Crippen molar-refractivity contribution < 1.29 is 9.53 Å². The average molecular weight is 158 g/mol. The molecule has 4 nitrogen and oxygen atoms in total. The Hall–Kier alpha value is -0.770. The summed E-state index contributed by atoms with van der Waals surface area (Å²) in [7, 11) is 1.87. The van der Waals surface area contributed by atoms with Gasteiger partial charge in [0.25, 0.3) is 0 Å². The largest absolute Gasteiger partial charge is 0.448 e. The van der Waals surface area contributed by atoms with Gasteiger partial charge in [-0.1, -0.05) is 0 Å². The summed E-state index contributed by atoms with van der Waals surface area (Å²) in [5.41, 5.74) is 0. The number of ether oxygens (including phenoxy) is 1. The maximum atomic E-state index is 11.0. The second-order valence-electron chi connectivity index (χ2n) is 2.71. The second-order valence-corrected chi connectivity index (χ2v) is 2.71. The fourth-order valence-corrected chi connectivity index (χ4v) is 1.21. The Kier molecular flexibility index (Phi) is 2.70. The third kappa shape index (κ3) is 1.83. The Morgan fingerprint density at radius 1 is 1.82 bits per heavy atom. The van der Waals surface area contributed by atoms with E-state index in [0.29, 0.717) is 6.61 Å². The smallest absolute Gasteiger partial charge is 0.410 e. The molecule has 1 unspecified atom stereocenters. The van der Waals surface area contributed by atoms with Gasteiger partial charge < -0.3 is 15.0 Å². The van der Waals surface area contributed by atoms with Gasteiger partial charge in [-0.15, -0.1) is 0 Å². The Morgan fingerprint density at radius 2 is 2.55 bits per heavy atom. The van der Waals surface area contributed by atoms with Gasteiger partial charge in [0.15, 0.2) is 0 Å². The molecule has 4 heteroatoms. The second kappa shape index (κ2) is 3.57. The molecule has 1 aliphatic rings. The van der Waals surface area contributed by atoms with E-state index in [-0.39, 0.29) is 12.1 Å². The van der Waals surface area contributed by atoms with Gasteiger partial charge in [0.2, 0.25) is 0 Å². The zero-order valence-electron chi connectivity index (χ0n) is 6.96. The molecule has 1 saturated heterocycles. The lowest BCUT2D eigenvalue weighted by atomic mass is 10.3. The molecule has 0 saturated carbocycles. The van der Waals surface area contributed by atoms with Crippen LogP contribution in [0.15, 0.2) is 0 Å². The van der Waals surface area contributed by atoms with Crippen LogP contribution in [-0.2, 0) is 4.74 Å². The first kappa shape index (κ1) is 8.33. The summed E-state index contributed by atoms with van der Waals surface area (Å²) in [6.45, 7) is 4.08. The number of nitrogens with zero attached hydrogens (tertiary/aromatic N) is 1.